The van der Waals surface area contributed by atoms with Gasteiger partial charge in [-0.15, -0.1) is 11.3 Å². The highest BCUT2D eigenvalue weighted by Crippen LogP contribution is 2.47. The van der Waals surface area contributed by atoms with Gasteiger partial charge in [0, 0.05) is 13.1 Å². The number of carbonyl (C=O) groups is 2. The molecule has 0 saturated carbocycles. The number of piperidine rings is 1. The summed E-state index contributed by atoms with van der Waals surface area (Å²) in [5.41, 5.74) is -4.44. The Labute approximate surface area is 301 Å². The molecule has 7 nitrogen and oxygen atoms in total. The van der Waals surface area contributed by atoms with Gasteiger partial charge in [-0.05, 0) is 101 Å². The molecule has 1 N–H and O–H groups in total. The van der Waals surface area contributed by atoms with Crippen molar-refractivity contribution in [2.45, 2.75) is 90.3 Å². The van der Waals surface area contributed by atoms with Gasteiger partial charge in [0.15, 0.2) is 5.78 Å². The molecule has 4 rings (SSSR count). The zero-order valence-electron chi connectivity index (χ0n) is 29.6. The number of rotatable bonds is 11. The lowest BCUT2D eigenvalue weighted by molar-refractivity contribution is -0.156. The number of alkyl halides is 6. The molecule has 0 radical (unpaired) electrons. The fraction of sp³-hybridized carbons (Fsp3) is 0.486. The summed E-state index contributed by atoms with van der Waals surface area (Å²) >= 11 is 1.24. The number of hydrogen-bond donors (Lipinski definition) is 1. The van der Waals surface area contributed by atoms with Gasteiger partial charge in [0.25, 0.3) is 0 Å². The molecule has 2 heterocycles. The van der Waals surface area contributed by atoms with Gasteiger partial charge >= 0.3 is 18.3 Å². The van der Waals surface area contributed by atoms with Crippen molar-refractivity contribution < 1.29 is 49.8 Å². The van der Waals surface area contributed by atoms with Crippen molar-refractivity contribution in [1.82, 2.24) is 0 Å². The van der Waals surface area contributed by atoms with Crippen LogP contribution < -0.4 is 10.2 Å². The minimum Gasteiger partial charge on any atom is -0.460 e. The van der Waals surface area contributed by atoms with Crippen LogP contribution in [0.1, 0.15) is 81.7 Å². The number of ketones is 1. The van der Waals surface area contributed by atoms with Crippen LogP contribution in [0.15, 0.2) is 36.4 Å². The van der Waals surface area contributed by atoms with Gasteiger partial charge in [-0.1, -0.05) is 6.07 Å². The highest BCUT2D eigenvalue weighted by Gasteiger charge is 2.40. The first-order chi connectivity index (χ1) is 24.0. The normalized spacial score (nSPS) is 14.7. The lowest BCUT2D eigenvalue weighted by Crippen LogP contribution is -2.37. The minimum absolute atomic E-state index is 0.00465. The van der Waals surface area contributed by atoms with Crippen molar-refractivity contribution in [2.75, 3.05) is 36.5 Å². The third-order valence-corrected chi connectivity index (χ3v) is 9.96. The number of hydrogen-bond acceptors (Lipinski definition) is 8. The first-order valence-corrected chi connectivity index (χ1v) is 17.3. The quantitative estimate of drug-likeness (QED) is 0.154. The minimum atomic E-state index is -5.09. The van der Waals surface area contributed by atoms with E-state index < -0.39 is 58.2 Å². The Kier molecular flexibility index (Phi) is 12.1. The third kappa shape index (κ3) is 9.83. The van der Waals surface area contributed by atoms with E-state index in [4.69, 9.17) is 9.47 Å². The molecule has 0 atom stereocenters. The van der Waals surface area contributed by atoms with E-state index in [1.54, 1.807) is 27.7 Å². The highest BCUT2D eigenvalue weighted by atomic mass is 32.1. The summed E-state index contributed by atoms with van der Waals surface area (Å²) in [4.78, 5) is 28.2. The Morgan fingerprint density at radius 2 is 1.52 bits per heavy atom. The highest BCUT2D eigenvalue weighted by molar-refractivity contribution is 7.20. The van der Waals surface area contributed by atoms with Crippen LogP contribution in [0.25, 0.3) is 10.4 Å². The summed E-state index contributed by atoms with van der Waals surface area (Å²) in [6, 6.07) is 7.36. The van der Waals surface area contributed by atoms with Gasteiger partial charge in [0.05, 0.1) is 52.8 Å². The van der Waals surface area contributed by atoms with Gasteiger partial charge < -0.3 is 19.7 Å². The Balaban J connectivity index is 1.60. The molecule has 52 heavy (non-hydrogen) atoms. The molecule has 0 aliphatic carbocycles. The van der Waals surface area contributed by atoms with Gasteiger partial charge in [-0.2, -0.15) is 31.6 Å². The Morgan fingerprint density at radius 3 is 2.04 bits per heavy atom. The maximum absolute atomic E-state index is 14.1. The molecule has 3 aromatic rings. The van der Waals surface area contributed by atoms with Crippen LogP contribution in [-0.4, -0.2) is 49.7 Å². The molecule has 1 saturated heterocycles. The fourth-order valence-electron chi connectivity index (χ4n) is 5.78. The van der Waals surface area contributed by atoms with Crippen LogP contribution in [-0.2, 0) is 36.8 Å². The van der Waals surface area contributed by atoms with Crippen LogP contribution in [0.3, 0.4) is 0 Å². The second-order valence-electron chi connectivity index (χ2n) is 14.1. The number of carbonyl (C=O) groups excluding carboxylic acids is 2. The maximum Gasteiger partial charge on any atom is 0.416 e. The lowest BCUT2D eigenvalue weighted by Gasteiger charge is -2.32. The lowest BCUT2D eigenvalue weighted by atomic mass is 9.79. The van der Waals surface area contributed by atoms with Crippen LogP contribution in [0.4, 0.5) is 41.4 Å². The number of esters is 1. The van der Waals surface area contributed by atoms with Crippen LogP contribution in [0.2, 0.25) is 0 Å². The van der Waals surface area contributed by atoms with Crippen LogP contribution >= 0.6 is 11.3 Å². The van der Waals surface area contributed by atoms with Gasteiger partial charge in [0.2, 0.25) is 0 Å². The van der Waals surface area contributed by atoms with Gasteiger partial charge in [-0.25, -0.2) is 4.39 Å². The summed E-state index contributed by atoms with van der Waals surface area (Å²) < 4.78 is 107. The number of benzene rings is 2. The number of Topliss-reactive ketones (excluding diaryl/α,β-unsaturated/α-hetero) is 1. The largest absolute Gasteiger partial charge is 0.460 e. The van der Waals surface area contributed by atoms with Crippen LogP contribution in [0.5, 0.6) is 0 Å². The Hall–Kier alpha value is -4.16. The predicted molar refractivity (Wildman–Crippen MR) is 184 cm³/mol. The number of nitrogens with one attached hydrogen (secondary N) is 1. The molecule has 1 fully saturated rings. The first-order valence-electron chi connectivity index (χ1n) is 16.5. The molecule has 1 aliphatic heterocycles. The molecule has 0 amide bonds. The fourth-order valence-corrected chi connectivity index (χ4v) is 7.15. The average Bonchev–Trinajstić information content (AvgIpc) is 3.40. The van der Waals surface area contributed by atoms with E-state index in [2.05, 4.69) is 11.4 Å². The molecule has 282 valence electrons. The van der Waals surface area contributed by atoms with E-state index in [0.717, 1.165) is 0 Å². The van der Waals surface area contributed by atoms with Gasteiger partial charge in [-0.3, -0.25) is 9.59 Å². The molecule has 1 aliphatic rings. The van der Waals surface area contributed by atoms with Crippen molar-refractivity contribution in [3.63, 3.8) is 0 Å². The zero-order chi connectivity index (χ0) is 38.8. The summed E-state index contributed by atoms with van der Waals surface area (Å²) in [5.74, 6) is -1.59. The smallest absolute Gasteiger partial charge is 0.416 e. The maximum atomic E-state index is 14.1. The number of nitrogens with zero attached hydrogens (tertiary/aromatic N) is 2. The summed E-state index contributed by atoms with van der Waals surface area (Å²) in [7, 11) is 0. The number of aryl methyl sites for hydroxylation is 1. The SMILES string of the molecule is Cc1cc(F)ccc1-c1sc(N2CCC(OCCC(=O)OC(C)(C)C)CC2)c(C#N)c1NCC(=O)C(C)(C)c1cc(C(F)(F)F)cc(C(F)(F)F)c1. The number of ether oxygens (including phenoxy) is 2. The molecule has 0 unspecified atom stereocenters. The third-order valence-electron chi connectivity index (χ3n) is 8.68. The first kappa shape index (κ1) is 40.6. The summed E-state index contributed by atoms with van der Waals surface area (Å²) in [5, 5.41) is 13.9. The molecular formula is C37H40F7N3O4S. The average molecular weight is 756 g/mol. The molecule has 0 spiro atoms. The van der Waals surface area contributed by atoms with Gasteiger partial charge in [0.1, 0.15) is 28.1 Å². The molecule has 2 aromatic carbocycles. The summed E-state index contributed by atoms with van der Waals surface area (Å²) in [6.07, 6.45) is -9.07. The van der Waals surface area contributed by atoms with Crippen LogP contribution in [0, 0.1) is 24.1 Å². The monoisotopic (exact) mass is 755 g/mol. The zero-order valence-corrected chi connectivity index (χ0v) is 30.4. The van der Waals surface area contributed by atoms with E-state index in [-0.39, 0.29) is 42.4 Å². The molecule has 0 bridgehead atoms. The predicted octanol–water partition coefficient (Wildman–Crippen LogP) is 9.45. The Bertz CT molecular complexity index is 1800. The number of anilines is 2. The van der Waals surface area contributed by atoms with Crippen molar-refractivity contribution in [3.05, 3.63) is 70.0 Å². The number of thiophene rings is 1. The number of halogens is 7. The van der Waals surface area contributed by atoms with Crippen molar-refractivity contribution in [1.29, 1.82) is 5.26 Å². The van der Waals surface area contributed by atoms with E-state index in [9.17, 15) is 45.6 Å². The van der Waals surface area contributed by atoms with E-state index >= 15 is 0 Å². The second kappa shape index (κ2) is 15.4. The van der Waals surface area contributed by atoms with E-state index in [0.29, 0.717) is 59.1 Å². The molecule has 1 aromatic heterocycles. The second-order valence-corrected chi connectivity index (χ2v) is 15.1. The topological polar surface area (TPSA) is 91.7 Å². The van der Waals surface area contributed by atoms with Crippen molar-refractivity contribution in [2.24, 2.45) is 0 Å². The van der Waals surface area contributed by atoms with E-state index in [1.807, 2.05) is 4.90 Å². The molecule has 15 heteroatoms. The van der Waals surface area contributed by atoms with E-state index in [1.165, 1.54) is 43.4 Å². The van der Waals surface area contributed by atoms with Crippen molar-refractivity contribution in [3.8, 4) is 16.5 Å². The standard InChI is InChI=1S/C37H40F7N3O4S/c1-21-15-25(38)7-8-27(21)32-31(46-20-29(48)35(5,6)22-16-23(36(39,40)41)18-24(17-22)37(42,43)44)28(19-45)33(52-32)47-12-9-26(10-13-47)50-14-11-30(49)51-34(2,3)4/h7-8,15-18,26,46H,9-14,20H2,1-6H3. The number of nitriles is 1. The Morgan fingerprint density at radius 1 is 0.942 bits per heavy atom. The summed E-state index contributed by atoms with van der Waals surface area (Å²) in [6.45, 7) is 10.1. The molecular weight excluding hydrogens is 715 g/mol. The van der Waals surface area contributed by atoms with Crippen molar-refractivity contribution >= 4 is 33.8 Å².